The molecule has 0 spiro atoms. The standard InChI is InChI=1S/C25H31N5O4/c1-4-10-30-24-22(17(3)28-30)25(32)27-23(26-24)19-16-18(6-8-20(19)34-13-5-2)7-9-21(31)29-11-14-33-15-12-29/h6-9,16H,4-5,10-15H2,1-3H3,(H,26,27,32)/b9-7+. The summed E-state index contributed by atoms with van der Waals surface area (Å²) in [7, 11) is 0. The molecule has 1 amide bonds. The number of nitrogens with one attached hydrogen (secondary N) is 1. The van der Waals surface area contributed by atoms with Crippen molar-refractivity contribution in [2.24, 2.45) is 0 Å². The largest absolute Gasteiger partial charge is 0.493 e. The van der Waals surface area contributed by atoms with Crippen molar-refractivity contribution in [1.82, 2.24) is 24.6 Å². The molecule has 180 valence electrons. The van der Waals surface area contributed by atoms with E-state index in [1.54, 1.807) is 21.7 Å². The minimum absolute atomic E-state index is 0.0527. The van der Waals surface area contributed by atoms with Gasteiger partial charge in [0.1, 0.15) is 17.0 Å². The predicted molar refractivity (Wildman–Crippen MR) is 131 cm³/mol. The van der Waals surface area contributed by atoms with Crippen molar-refractivity contribution in [3.63, 3.8) is 0 Å². The molecule has 1 aliphatic rings. The zero-order chi connectivity index (χ0) is 24.1. The Labute approximate surface area is 198 Å². The molecule has 3 heterocycles. The molecule has 1 aliphatic heterocycles. The monoisotopic (exact) mass is 465 g/mol. The maximum atomic E-state index is 12.9. The molecule has 0 bridgehead atoms. The van der Waals surface area contributed by atoms with Gasteiger partial charge in [0.2, 0.25) is 5.91 Å². The fraction of sp³-hybridized carbons (Fsp3) is 0.440. The van der Waals surface area contributed by atoms with Crippen LogP contribution in [0.5, 0.6) is 5.75 Å². The molecule has 1 N–H and O–H groups in total. The fourth-order valence-electron chi connectivity index (χ4n) is 3.98. The normalized spacial score (nSPS) is 14.3. The molecule has 34 heavy (non-hydrogen) atoms. The van der Waals surface area contributed by atoms with E-state index in [-0.39, 0.29) is 11.5 Å². The molecule has 0 aliphatic carbocycles. The molecule has 1 fully saturated rings. The lowest BCUT2D eigenvalue weighted by Crippen LogP contribution is -2.39. The van der Waals surface area contributed by atoms with Crippen LogP contribution in [-0.2, 0) is 16.1 Å². The number of ether oxygens (including phenoxy) is 2. The molecular weight excluding hydrogens is 434 g/mol. The van der Waals surface area contributed by atoms with E-state index in [1.165, 1.54) is 0 Å². The Hall–Kier alpha value is -3.46. The van der Waals surface area contributed by atoms with Crippen LogP contribution < -0.4 is 10.3 Å². The highest BCUT2D eigenvalue weighted by Gasteiger charge is 2.18. The zero-order valence-electron chi connectivity index (χ0n) is 20.0. The maximum absolute atomic E-state index is 12.9. The van der Waals surface area contributed by atoms with E-state index in [0.717, 1.165) is 18.4 Å². The van der Waals surface area contributed by atoms with E-state index in [9.17, 15) is 9.59 Å². The average molecular weight is 466 g/mol. The van der Waals surface area contributed by atoms with E-state index < -0.39 is 0 Å². The van der Waals surface area contributed by atoms with Gasteiger partial charge in [-0.05, 0) is 43.5 Å². The number of H-pyrrole nitrogens is 1. The second-order valence-electron chi connectivity index (χ2n) is 8.30. The van der Waals surface area contributed by atoms with Gasteiger partial charge in [-0.1, -0.05) is 19.9 Å². The number of carbonyl (C=O) groups excluding carboxylic acids is 1. The molecule has 2 aromatic heterocycles. The highest BCUT2D eigenvalue weighted by atomic mass is 16.5. The summed E-state index contributed by atoms with van der Waals surface area (Å²) in [6.07, 6.45) is 5.06. The van der Waals surface area contributed by atoms with Crippen LogP contribution in [-0.4, -0.2) is 63.5 Å². The lowest BCUT2D eigenvalue weighted by Gasteiger charge is -2.25. The summed E-state index contributed by atoms with van der Waals surface area (Å²) in [5.74, 6) is 0.984. The van der Waals surface area contributed by atoms with Gasteiger partial charge in [0.15, 0.2) is 5.65 Å². The molecule has 0 saturated carbocycles. The van der Waals surface area contributed by atoms with Gasteiger partial charge in [0, 0.05) is 25.7 Å². The molecule has 3 aromatic rings. The van der Waals surface area contributed by atoms with Crippen LogP contribution in [0.25, 0.3) is 28.5 Å². The van der Waals surface area contributed by atoms with Crippen LogP contribution in [0.3, 0.4) is 0 Å². The van der Waals surface area contributed by atoms with E-state index in [1.807, 2.05) is 32.0 Å². The topological polar surface area (TPSA) is 102 Å². The molecule has 0 unspecified atom stereocenters. The third-order valence-electron chi connectivity index (χ3n) is 5.67. The summed E-state index contributed by atoms with van der Waals surface area (Å²) in [4.78, 5) is 34.9. The van der Waals surface area contributed by atoms with Crippen molar-refractivity contribution in [2.75, 3.05) is 32.9 Å². The number of fused-ring (bicyclic) bond motifs is 1. The Bertz CT molecular complexity index is 1250. The number of nitrogens with zero attached hydrogens (tertiary/aromatic N) is 4. The van der Waals surface area contributed by atoms with Gasteiger partial charge in [-0.3, -0.25) is 9.59 Å². The van der Waals surface area contributed by atoms with E-state index in [4.69, 9.17) is 14.5 Å². The lowest BCUT2D eigenvalue weighted by atomic mass is 10.1. The van der Waals surface area contributed by atoms with Crippen molar-refractivity contribution in [3.05, 3.63) is 45.9 Å². The highest BCUT2D eigenvalue weighted by Crippen LogP contribution is 2.30. The van der Waals surface area contributed by atoms with Gasteiger partial charge in [0.05, 0.1) is 31.1 Å². The molecule has 0 radical (unpaired) electrons. The van der Waals surface area contributed by atoms with Gasteiger partial charge in [-0.15, -0.1) is 0 Å². The summed E-state index contributed by atoms with van der Waals surface area (Å²) >= 11 is 0. The summed E-state index contributed by atoms with van der Waals surface area (Å²) < 4.78 is 13.0. The fourth-order valence-corrected chi connectivity index (χ4v) is 3.98. The number of aromatic amines is 1. The van der Waals surface area contributed by atoms with Crippen LogP contribution >= 0.6 is 0 Å². The minimum atomic E-state index is -0.232. The number of hydrogen-bond donors (Lipinski definition) is 1. The lowest BCUT2D eigenvalue weighted by molar-refractivity contribution is -0.129. The Morgan fingerprint density at radius 3 is 2.76 bits per heavy atom. The molecule has 0 atom stereocenters. The number of carbonyl (C=O) groups is 1. The number of amides is 1. The number of aryl methyl sites for hydroxylation is 2. The van der Waals surface area contributed by atoms with Crippen LogP contribution in [0.15, 0.2) is 29.1 Å². The van der Waals surface area contributed by atoms with E-state index in [0.29, 0.717) is 73.3 Å². The Balaban J connectivity index is 1.73. The summed E-state index contributed by atoms with van der Waals surface area (Å²) in [6, 6.07) is 5.62. The van der Waals surface area contributed by atoms with Gasteiger partial charge in [0.25, 0.3) is 5.56 Å². The first-order valence-corrected chi connectivity index (χ1v) is 11.8. The molecular formula is C25H31N5O4. The van der Waals surface area contributed by atoms with Crippen molar-refractivity contribution >= 4 is 23.0 Å². The van der Waals surface area contributed by atoms with Gasteiger partial charge >= 0.3 is 0 Å². The molecule has 1 aromatic carbocycles. The van der Waals surface area contributed by atoms with E-state index >= 15 is 0 Å². The van der Waals surface area contributed by atoms with Crippen LogP contribution in [0.1, 0.15) is 37.9 Å². The highest BCUT2D eigenvalue weighted by molar-refractivity contribution is 5.92. The first-order valence-electron chi connectivity index (χ1n) is 11.8. The van der Waals surface area contributed by atoms with E-state index in [2.05, 4.69) is 17.0 Å². The number of aromatic nitrogens is 4. The molecule has 1 saturated heterocycles. The minimum Gasteiger partial charge on any atom is -0.493 e. The predicted octanol–water partition coefficient (Wildman–Crippen LogP) is 3.17. The Kier molecular flexibility index (Phi) is 7.42. The number of benzene rings is 1. The van der Waals surface area contributed by atoms with Crippen molar-refractivity contribution in [3.8, 4) is 17.1 Å². The van der Waals surface area contributed by atoms with Crippen molar-refractivity contribution in [2.45, 2.75) is 40.2 Å². The third-order valence-corrected chi connectivity index (χ3v) is 5.67. The third kappa shape index (κ3) is 5.04. The maximum Gasteiger partial charge on any atom is 0.262 e. The zero-order valence-corrected chi connectivity index (χ0v) is 20.0. The number of hydrogen-bond acceptors (Lipinski definition) is 6. The first-order chi connectivity index (χ1) is 16.5. The summed E-state index contributed by atoms with van der Waals surface area (Å²) in [5, 5.41) is 5.00. The van der Waals surface area contributed by atoms with Crippen molar-refractivity contribution < 1.29 is 14.3 Å². The van der Waals surface area contributed by atoms with Crippen LogP contribution in [0, 0.1) is 6.92 Å². The van der Waals surface area contributed by atoms with Crippen LogP contribution in [0.4, 0.5) is 0 Å². The Morgan fingerprint density at radius 1 is 1.24 bits per heavy atom. The summed E-state index contributed by atoms with van der Waals surface area (Å²) in [6.45, 7) is 9.42. The number of morpholine rings is 1. The second-order valence-corrected chi connectivity index (χ2v) is 8.30. The SMILES string of the molecule is CCCOc1ccc(/C=C/C(=O)N2CCOCC2)cc1-c1nc2c(c(C)nn2CCC)c(=O)[nH]1. The molecule has 4 rings (SSSR count). The second kappa shape index (κ2) is 10.6. The summed E-state index contributed by atoms with van der Waals surface area (Å²) in [5.41, 5.74) is 2.45. The van der Waals surface area contributed by atoms with Gasteiger partial charge in [-0.25, -0.2) is 9.67 Å². The molecule has 9 nitrogen and oxygen atoms in total. The first kappa shape index (κ1) is 23.7. The molecule has 9 heteroatoms. The van der Waals surface area contributed by atoms with Gasteiger partial charge < -0.3 is 19.4 Å². The average Bonchev–Trinajstić information content (AvgIpc) is 3.17. The smallest absolute Gasteiger partial charge is 0.262 e. The van der Waals surface area contributed by atoms with Crippen molar-refractivity contribution in [1.29, 1.82) is 0 Å². The van der Waals surface area contributed by atoms with Crippen LogP contribution in [0.2, 0.25) is 0 Å². The van der Waals surface area contributed by atoms with Gasteiger partial charge in [-0.2, -0.15) is 5.10 Å². The Morgan fingerprint density at radius 2 is 2.03 bits per heavy atom. The number of rotatable bonds is 8. The quantitative estimate of drug-likeness (QED) is 0.513.